The van der Waals surface area contributed by atoms with Gasteiger partial charge in [-0.15, -0.1) is 0 Å². The van der Waals surface area contributed by atoms with Gasteiger partial charge in [0.25, 0.3) is 0 Å². The Hall–Kier alpha value is -3.13. The molecule has 0 heterocycles. The van der Waals surface area contributed by atoms with Crippen LogP contribution in [0.15, 0.2) is 55.1 Å². The molecule has 168 valence electrons. The molecule has 0 aliphatic carbocycles. The first-order valence-electron chi connectivity index (χ1n) is 10.8. The lowest BCUT2D eigenvalue weighted by atomic mass is 9.98. The van der Waals surface area contributed by atoms with Crippen LogP contribution in [0.2, 0.25) is 0 Å². The number of esters is 1. The second-order valence-corrected chi connectivity index (χ2v) is 6.68. The summed E-state index contributed by atoms with van der Waals surface area (Å²) in [4.78, 5) is 26.6. The molecule has 1 amide bonds. The molecule has 5 nitrogen and oxygen atoms in total. The molecule has 1 atom stereocenters. The number of hydrogen-bond acceptors (Lipinski definition) is 4. The summed E-state index contributed by atoms with van der Waals surface area (Å²) in [6.45, 7) is 15.7. The SMILES string of the molecule is C=C/C=C(\C(=C)C#N)c1ccc(CN(C(=O)CCCC)C(CC)C(=O)OC)cc1.CC. The Morgan fingerprint density at radius 2 is 1.84 bits per heavy atom. The van der Waals surface area contributed by atoms with Gasteiger partial charge in [-0.05, 0) is 29.5 Å². The minimum atomic E-state index is -0.612. The van der Waals surface area contributed by atoms with Gasteiger partial charge < -0.3 is 9.64 Å². The number of methoxy groups -OCH3 is 1. The molecule has 5 heteroatoms. The average molecular weight is 425 g/mol. The van der Waals surface area contributed by atoms with Gasteiger partial charge in [-0.25, -0.2) is 4.79 Å². The smallest absolute Gasteiger partial charge is 0.328 e. The van der Waals surface area contributed by atoms with Crippen molar-refractivity contribution in [3.8, 4) is 6.07 Å². The molecule has 0 saturated carbocycles. The number of hydrogen-bond donors (Lipinski definition) is 0. The van der Waals surface area contributed by atoms with E-state index in [0.29, 0.717) is 30.5 Å². The van der Waals surface area contributed by atoms with Crippen molar-refractivity contribution in [2.45, 2.75) is 66.0 Å². The summed E-state index contributed by atoms with van der Waals surface area (Å²) in [6.07, 6.45) is 5.92. The molecule has 0 fully saturated rings. The van der Waals surface area contributed by atoms with Crippen LogP contribution in [0.1, 0.15) is 64.5 Å². The quantitative estimate of drug-likeness (QED) is 0.254. The summed E-state index contributed by atoms with van der Waals surface area (Å²) < 4.78 is 4.90. The summed E-state index contributed by atoms with van der Waals surface area (Å²) in [5.41, 5.74) is 2.78. The van der Waals surface area contributed by atoms with Gasteiger partial charge in [0.1, 0.15) is 6.04 Å². The minimum Gasteiger partial charge on any atom is -0.467 e. The number of nitrogens with zero attached hydrogens (tertiary/aromatic N) is 2. The van der Waals surface area contributed by atoms with Gasteiger partial charge in [0.05, 0.1) is 18.8 Å². The Kier molecular flexibility index (Phi) is 14.1. The van der Waals surface area contributed by atoms with Crippen LogP contribution in [-0.2, 0) is 20.9 Å². The van der Waals surface area contributed by atoms with E-state index in [1.807, 2.05) is 52.0 Å². The minimum absolute atomic E-state index is 0.0572. The summed E-state index contributed by atoms with van der Waals surface area (Å²) >= 11 is 0. The third kappa shape index (κ3) is 8.64. The molecule has 0 spiro atoms. The zero-order chi connectivity index (χ0) is 23.8. The Morgan fingerprint density at radius 3 is 2.29 bits per heavy atom. The number of amides is 1. The third-order valence-corrected chi connectivity index (χ3v) is 4.66. The van der Waals surface area contributed by atoms with E-state index in [0.717, 1.165) is 24.0 Å². The topological polar surface area (TPSA) is 70.4 Å². The second-order valence-electron chi connectivity index (χ2n) is 6.68. The summed E-state index contributed by atoms with van der Waals surface area (Å²) in [5.74, 6) is -0.464. The maximum atomic E-state index is 12.8. The van der Waals surface area contributed by atoms with E-state index in [-0.39, 0.29) is 5.91 Å². The highest BCUT2D eigenvalue weighted by molar-refractivity contribution is 5.85. The lowest BCUT2D eigenvalue weighted by Crippen LogP contribution is -2.44. The molecule has 1 unspecified atom stereocenters. The van der Waals surface area contributed by atoms with Gasteiger partial charge in [0.2, 0.25) is 5.91 Å². The Bertz CT molecular complexity index is 801. The van der Waals surface area contributed by atoms with Crippen molar-refractivity contribution in [3.05, 3.63) is 66.3 Å². The van der Waals surface area contributed by atoms with Crippen LogP contribution in [0.25, 0.3) is 5.57 Å². The second kappa shape index (κ2) is 15.7. The summed E-state index contributed by atoms with van der Waals surface area (Å²) in [7, 11) is 1.34. The van der Waals surface area contributed by atoms with E-state index in [1.54, 1.807) is 17.1 Å². The highest BCUT2D eigenvalue weighted by atomic mass is 16.5. The number of carbonyl (C=O) groups is 2. The maximum absolute atomic E-state index is 12.8. The van der Waals surface area contributed by atoms with Crippen LogP contribution in [0, 0.1) is 11.3 Å². The first-order chi connectivity index (χ1) is 14.9. The number of allylic oxidation sites excluding steroid dienone is 4. The molecule has 0 aromatic heterocycles. The molecule has 1 rings (SSSR count). The zero-order valence-corrected chi connectivity index (χ0v) is 19.6. The molecular formula is C26H36N2O3. The first-order valence-corrected chi connectivity index (χ1v) is 10.8. The number of unbranched alkanes of at least 4 members (excludes halogenated alkanes) is 1. The number of benzene rings is 1. The van der Waals surface area contributed by atoms with Crippen LogP contribution in [-0.4, -0.2) is 29.9 Å². The fourth-order valence-corrected chi connectivity index (χ4v) is 3.03. The molecule has 0 aliphatic rings. The van der Waals surface area contributed by atoms with Crippen molar-refractivity contribution in [1.82, 2.24) is 4.90 Å². The number of rotatable bonds is 11. The average Bonchev–Trinajstić information content (AvgIpc) is 2.81. The summed E-state index contributed by atoms with van der Waals surface area (Å²) in [5, 5.41) is 9.15. The van der Waals surface area contributed by atoms with Gasteiger partial charge in [0, 0.05) is 13.0 Å². The van der Waals surface area contributed by atoms with Crippen LogP contribution in [0.4, 0.5) is 0 Å². The molecular weight excluding hydrogens is 388 g/mol. The fraction of sp³-hybridized carbons (Fsp3) is 0.423. The van der Waals surface area contributed by atoms with Crippen LogP contribution in [0.3, 0.4) is 0 Å². The predicted molar refractivity (Wildman–Crippen MR) is 127 cm³/mol. The van der Waals surface area contributed by atoms with Crippen LogP contribution in [0.5, 0.6) is 0 Å². The van der Waals surface area contributed by atoms with Crippen molar-refractivity contribution in [1.29, 1.82) is 5.26 Å². The van der Waals surface area contributed by atoms with E-state index in [9.17, 15) is 9.59 Å². The molecule has 0 radical (unpaired) electrons. The zero-order valence-electron chi connectivity index (χ0n) is 19.6. The van der Waals surface area contributed by atoms with Crippen LogP contribution >= 0.6 is 0 Å². The predicted octanol–water partition coefficient (Wildman–Crippen LogP) is 5.83. The van der Waals surface area contributed by atoms with Crippen molar-refractivity contribution >= 4 is 17.4 Å². The Labute approximate surface area is 187 Å². The van der Waals surface area contributed by atoms with Gasteiger partial charge in [0.15, 0.2) is 0 Å². The standard InChI is InChI=1S/C24H30N2O3.C2H6/c1-6-9-11-23(27)26(22(8-3)24(28)29-5)17-19-12-14-20(15-13-19)21(10-7-2)18(4)16-25;1-2/h7,10,12-15,22H,2,4,6,8-9,11,17H2,1,3,5H3;1-2H3/b21-10+;. The van der Waals surface area contributed by atoms with E-state index < -0.39 is 12.0 Å². The molecule has 31 heavy (non-hydrogen) atoms. The van der Waals surface area contributed by atoms with Gasteiger partial charge in [-0.2, -0.15) is 5.26 Å². The monoisotopic (exact) mass is 424 g/mol. The third-order valence-electron chi connectivity index (χ3n) is 4.66. The molecule has 1 aromatic rings. The summed E-state index contributed by atoms with van der Waals surface area (Å²) in [6, 6.07) is 8.98. The molecule has 0 saturated heterocycles. The van der Waals surface area contributed by atoms with Crippen molar-refractivity contribution in [2.75, 3.05) is 7.11 Å². The van der Waals surface area contributed by atoms with Crippen molar-refractivity contribution < 1.29 is 14.3 Å². The van der Waals surface area contributed by atoms with Crippen LogP contribution < -0.4 is 0 Å². The normalized spacial score (nSPS) is 11.3. The van der Waals surface area contributed by atoms with Gasteiger partial charge in [-0.3, -0.25) is 4.79 Å². The molecule has 0 N–H and O–H groups in total. The number of carbonyl (C=O) groups excluding carboxylic acids is 2. The van der Waals surface area contributed by atoms with E-state index in [1.165, 1.54) is 7.11 Å². The Balaban J connectivity index is 0.00000436. The maximum Gasteiger partial charge on any atom is 0.328 e. The number of nitriles is 1. The lowest BCUT2D eigenvalue weighted by molar-refractivity contribution is -0.153. The Morgan fingerprint density at radius 1 is 1.23 bits per heavy atom. The highest BCUT2D eigenvalue weighted by Crippen LogP contribution is 2.23. The van der Waals surface area contributed by atoms with E-state index in [4.69, 9.17) is 10.00 Å². The fourth-order valence-electron chi connectivity index (χ4n) is 3.03. The largest absolute Gasteiger partial charge is 0.467 e. The van der Waals surface area contributed by atoms with E-state index >= 15 is 0 Å². The molecule has 1 aromatic carbocycles. The van der Waals surface area contributed by atoms with Gasteiger partial charge in [-0.1, -0.05) is 83.7 Å². The molecule has 0 aliphatic heterocycles. The lowest BCUT2D eigenvalue weighted by Gasteiger charge is -2.29. The highest BCUT2D eigenvalue weighted by Gasteiger charge is 2.28. The number of ether oxygens (including phenoxy) is 1. The van der Waals surface area contributed by atoms with Crippen molar-refractivity contribution in [3.63, 3.8) is 0 Å². The van der Waals surface area contributed by atoms with Crippen molar-refractivity contribution in [2.24, 2.45) is 0 Å². The van der Waals surface area contributed by atoms with E-state index in [2.05, 4.69) is 19.2 Å². The first kappa shape index (κ1) is 27.9. The molecule has 0 bridgehead atoms. The van der Waals surface area contributed by atoms with Gasteiger partial charge >= 0.3 is 5.97 Å².